The number of nitrogens with zero attached hydrogens (tertiary/aromatic N) is 1. The van der Waals surface area contributed by atoms with Gasteiger partial charge in [0.1, 0.15) is 5.82 Å². The lowest BCUT2D eigenvalue weighted by atomic mass is 10.0. The van der Waals surface area contributed by atoms with Crippen LogP contribution >= 0.6 is 0 Å². The molecule has 1 aromatic rings. The van der Waals surface area contributed by atoms with E-state index in [1.807, 2.05) is 6.07 Å². The summed E-state index contributed by atoms with van der Waals surface area (Å²) in [6.07, 6.45) is 0.593. The number of benzene rings is 1. The second-order valence-corrected chi connectivity index (χ2v) is 3.22. The Kier molecular flexibility index (Phi) is 4.46. The van der Waals surface area contributed by atoms with E-state index in [2.05, 4.69) is 0 Å². The molecule has 0 spiro atoms. The minimum absolute atomic E-state index is 0.203. The highest BCUT2D eigenvalue weighted by Gasteiger charge is 2.07. The molecule has 0 atom stereocenters. The number of hydrogen-bond donors (Lipinski definition) is 0. The standard InChI is InChI=1S/C12H12FNO2/c1-2-16-12(15)6-4-9-3-5-11(13)7-10(9)8-14/h3,5,7H,2,4,6H2,1H3. The molecule has 1 rings (SSSR count). The number of carbonyl (C=O) groups excluding carboxylic acids is 1. The summed E-state index contributed by atoms with van der Waals surface area (Å²) < 4.78 is 17.6. The molecule has 0 saturated carbocycles. The maximum atomic E-state index is 12.8. The van der Waals surface area contributed by atoms with E-state index in [1.54, 1.807) is 6.92 Å². The lowest BCUT2D eigenvalue weighted by Crippen LogP contribution is -2.05. The second-order valence-electron chi connectivity index (χ2n) is 3.22. The zero-order chi connectivity index (χ0) is 12.0. The summed E-state index contributed by atoms with van der Waals surface area (Å²) in [6.45, 7) is 2.07. The van der Waals surface area contributed by atoms with E-state index in [4.69, 9.17) is 10.00 Å². The zero-order valence-corrected chi connectivity index (χ0v) is 9.00. The fourth-order valence-corrected chi connectivity index (χ4v) is 1.34. The van der Waals surface area contributed by atoms with E-state index in [-0.39, 0.29) is 18.0 Å². The molecule has 1 aromatic carbocycles. The first-order valence-corrected chi connectivity index (χ1v) is 5.01. The fraction of sp³-hybridized carbons (Fsp3) is 0.333. The highest BCUT2D eigenvalue weighted by atomic mass is 19.1. The molecule has 0 aliphatic rings. The van der Waals surface area contributed by atoms with E-state index in [0.717, 1.165) is 0 Å². The molecule has 3 nitrogen and oxygen atoms in total. The molecule has 0 aromatic heterocycles. The molecule has 0 heterocycles. The monoisotopic (exact) mass is 221 g/mol. The Morgan fingerprint density at radius 3 is 2.94 bits per heavy atom. The van der Waals surface area contributed by atoms with Crippen LogP contribution in [0.3, 0.4) is 0 Å². The predicted molar refractivity (Wildman–Crippen MR) is 56.1 cm³/mol. The first-order valence-electron chi connectivity index (χ1n) is 5.01. The smallest absolute Gasteiger partial charge is 0.306 e. The molecule has 0 N–H and O–H groups in total. The van der Waals surface area contributed by atoms with Crippen LogP contribution in [0.1, 0.15) is 24.5 Å². The van der Waals surface area contributed by atoms with Crippen LogP contribution in [-0.2, 0) is 16.0 Å². The maximum absolute atomic E-state index is 12.8. The molecule has 0 unspecified atom stereocenters. The van der Waals surface area contributed by atoms with Gasteiger partial charge in [0.25, 0.3) is 0 Å². The number of hydrogen-bond acceptors (Lipinski definition) is 3. The molecule has 0 amide bonds. The molecule has 0 bridgehead atoms. The Morgan fingerprint density at radius 2 is 2.31 bits per heavy atom. The van der Waals surface area contributed by atoms with Gasteiger partial charge in [-0.15, -0.1) is 0 Å². The van der Waals surface area contributed by atoms with E-state index in [1.165, 1.54) is 18.2 Å². The predicted octanol–water partition coefficient (Wildman–Crippen LogP) is 2.19. The van der Waals surface area contributed by atoms with E-state index in [0.29, 0.717) is 18.6 Å². The molecular weight excluding hydrogens is 209 g/mol. The molecule has 0 radical (unpaired) electrons. The average molecular weight is 221 g/mol. The Labute approximate surface area is 93.5 Å². The van der Waals surface area contributed by atoms with Gasteiger partial charge in [-0.25, -0.2) is 4.39 Å². The minimum Gasteiger partial charge on any atom is -0.466 e. The molecule has 0 fully saturated rings. The van der Waals surface area contributed by atoms with Crippen molar-refractivity contribution in [3.8, 4) is 6.07 Å². The van der Waals surface area contributed by atoms with Crippen molar-refractivity contribution in [1.29, 1.82) is 5.26 Å². The maximum Gasteiger partial charge on any atom is 0.306 e. The zero-order valence-electron chi connectivity index (χ0n) is 9.00. The molecule has 4 heteroatoms. The van der Waals surface area contributed by atoms with Gasteiger partial charge < -0.3 is 4.74 Å². The van der Waals surface area contributed by atoms with Crippen LogP contribution in [0.5, 0.6) is 0 Å². The van der Waals surface area contributed by atoms with Gasteiger partial charge in [0.15, 0.2) is 0 Å². The normalized spacial score (nSPS) is 9.56. The third-order valence-corrected chi connectivity index (χ3v) is 2.10. The number of esters is 1. The van der Waals surface area contributed by atoms with Crippen molar-refractivity contribution in [3.63, 3.8) is 0 Å². The SMILES string of the molecule is CCOC(=O)CCc1ccc(F)cc1C#N. The average Bonchev–Trinajstić information content (AvgIpc) is 2.27. The first kappa shape index (κ1) is 12.2. The summed E-state index contributed by atoms with van der Waals surface area (Å²) in [7, 11) is 0. The first-order chi connectivity index (χ1) is 7.67. The van der Waals surface area contributed by atoms with Gasteiger partial charge in [-0.3, -0.25) is 4.79 Å². The molecule has 0 aliphatic carbocycles. The summed E-state index contributed by atoms with van der Waals surface area (Å²) in [5.74, 6) is -0.757. The topological polar surface area (TPSA) is 50.1 Å². The number of nitriles is 1. The highest BCUT2D eigenvalue weighted by molar-refractivity contribution is 5.69. The summed E-state index contributed by atoms with van der Waals surface area (Å²) in [4.78, 5) is 11.1. The van der Waals surface area contributed by atoms with Gasteiger partial charge in [-0.2, -0.15) is 5.26 Å². The number of ether oxygens (including phenoxy) is 1. The van der Waals surface area contributed by atoms with E-state index < -0.39 is 5.82 Å². The number of carbonyl (C=O) groups is 1. The van der Waals surface area contributed by atoms with Crippen LogP contribution in [-0.4, -0.2) is 12.6 Å². The van der Waals surface area contributed by atoms with Crippen LogP contribution in [0.2, 0.25) is 0 Å². The summed E-state index contributed by atoms with van der Waals surface area (Å²) in [5.41, 5.74) is 0.932. The van der Waals surface area contributed by atoms with Crippen LogP contribution in [0.15, 0.2) is 18.2 Å². The summed E-state index contributed by atoms with van der Waals surface area (Å²) >= 11 is 0. The molecule has 16 heavy (non-hydrogen) atoms. The van der Waals surface area contributed by atoms with Crippen molar-refractivity contribution in [1.82, 2.24) is 0 Å². The van der Waals surface area contributed by atoms with Crippen molar-refractivity contribution in [3.05, 3.63) is 35.1 Å². The van der Waals surface area contributed by atoms with Crippen molar-refractivity contribution in [2.24, 2.45) is 0 Å². The van der Waals surface area contributed by atoms with Gasteiger partial charge in [0, 0.05) is 6.42 Å². The quantitative estimate of drug-likeness (QED) is 0.732. The Hall–Kier alpha value is -1.89. The summed E-state index contributed by atoms with van der Waals surface area (Å²) in [5, 5.41) is 8.78. The lowest BCUT2D eigenvalue weighted by Gasteiger charge is -2.04. The van der Waals surface area contributed by atoms with Crippen LogP contribution in [0.25, 0.3) is 0 Å². The van der Waals surface area contributed by atoms with Gasteiger partial charge in [0.2, 0.25) is 0 Å². The minimum atomic E-state index is -0.448. The van der Waals surface area contributed by atoms with Gasteiger partial charge in [0.05, 0.1) is 18.2 Å². The molecule has 0 aliphatic heterocycles. The van der Waals surface area contributed by atoms with Crippen molar-refractivity contribution in [2.75, 3.05) is 6.61 Å². The van der Waals surface area contributed by atoms with Crippen molar-refractivity contribution in [2.45, 2.75) is 19.8 Å². The number of rotatable bonds is 4. The van der Waals surface area contributed by atoms with Crippen molar-refractivity contribution < 1.29 is 13.9 Å². The van der Waals surface area contributed by atoms with Gasteiger partial charge in [-0.05, 0) is 31.0 Å². The summed E-state index contributed by atoms with van der Waals surface area (Å²) in [6, 6.07) is 5.87. The Balaban J connectivity index is 2.67. The largest absolute Gasteiger partial charge is 0.466 e. The van der Waals surface area contributed by atoms with E-state index >= 15 is 0 Å². The molecular formula is C12H12FNO2. The Morgan fingerprint density at radius 1 is 1.56 bits per heavy atom. The second kappa shape index (κ2) is 5.86. The molecule has 84 valence electrons. The highest BCUT2D eigenvalue weighted by Crippen LogP contribution is 2.12. The van der Waals surface area contributed by atoms with Gasteiger partial charge >= 0.3 is 5.97 Å². The lowest BCUT2D eigenvalue weighted by molar-refractivity contribution is -0.143. The van der Waals surface area contributed by atoms with Crippen LogP contribution < -0.4 is 0 Å². The number of aryl methyl sites for hydroxylation is 1. The molecule has 0 saturated heterocycles. The number of halogens is 1. The van der Waals surface area contributed by atoms with Gasteiger partial charge in [-0.1, -0.05) is 6.07 Å². The van der Waals surface area contributed by atoms with E-state index in [9.17, 15) is 9.18 Å². The van der Waals surface area contributed by atoms with Crippen molar-refractivity contribution >= 4 is 5.97 Å². The third kappa shape index (κ3) is 3.35. The fourth-order valence-electron chi connectivity index (χ4n) is 1.34. The third-order valence-electron chi connectivity index (χ3n) is 2.10. The van der Waals surface area contributed by atoms with Crippen LogP contribution in [0, 0.1) is 17.1 Å². The van der Waals surface area contributed by atoms with Crippen LogP contribution in [0.4, 0.5) is 4.39 Å². The Bertz CT molecular complexity index is 424.